The normalized spacial score (nSPS) is 13.0. The van der Waals surface area contributed by atoms with Crippen molar-refractivity contribution < 1.29 is 14.2 Å². The molecule has 2 heterocycles. The summed E-state index contributed by atoms with van der Waals surface area (Å²) in [5.74, 6) is 0. The molecule has 0 aliphatic carbocycles. The number of aliphatic hydroxyl groups is 1. The van der Waals surface area contributed by atoms with Crippen molar-refractivity contribution in [2.45, 2.75) is 38.9 Å². The number of hydrogen-bond acceptors (Lipinski definition) is 4. The number of furan rings is 1. The van der Waals surface area contributed by atoms with Crippen molar-refractivity contribution in [2.75, 3.05) is 0 Å². The van der Waals surface area contributed by atoms with Gasteiger partial charge in [0.1, 0.15) is 5.58 Å². The number of rotatable bonds is 4. The second-order valence-corrected chi connectivity index (χ2v) is 7.77. The van der Waals surface area contributed by atoms with Gasteiger partial charge in [-0.15, -0.1) is 0 Å². The SMILES string of the molecule is CC(C)(O)C(C)(C)OBc1cccc2c1ccc1c3cccnc3oc21. The lowest BCUT2D eigenvalue weighted by atomic mass is 9.80. The molecule has 0 atom stereocenters. The highest BCUT2D eigenvalue weighted by molar-refractivity contribution is 6.52. The van der Waals surface area contributed by atoms with Crippen molar-refractivity contribution in [2.24, 2.45) is 0 Å². The first kappa shape index (κ1) is 17.1. The number of hydrogen-bond donors (Lipinski definition) is 1. The summed E-state index contributed by atoms with van der Waals surface area (Å²) < 4.78 is 12.1. The van der Waals surface area contributed by atoms with Crippen LogP contribution in [-0.2, 0) is 4.65 Å². The topological polar surface area (TPSA) is 55.5 Å². The summed E-state index contributed by atoms with van der Waals surface area (Å²) >= 11 is 0. The Hall–Kier alpha value is -2.37. The highest BCUT2D eigenvalue weighted by atomic mass is 16.5. The third-order valence-corrected chi connectivity index (χ3v) is 5.42. The maximum Gasteiger partial charge on any atom is 0.310 e. The van der Waals surface area contributed by atoms with E-state index in [1.54, 1.807) is 20.0 Å². The molecule has 0 aliphatic heterocycles. The van der Waals surface area contributed by atoms with Crippen molar-refractivity contribution in [1.29, 1.82) is 0 Å². The summed E-state index contributed by atoms with van der Waals surface area (Å²) in [4.78, 5) is 4.32. The molecule has 26 heavy (non-hydrogen) atoms. The quantitative estimate of drug-likeness (QED) is 0.572. The molecule has 0 spiro atoms. The third-order valence-electron chi connectivity index (χ3n) is 5.42. The van der Waals surface area contributed by atoms with Crippen molar-refractivity contribution in [1.82, 2.24) is 4.98 Å². The molecule has 4 nitrogen and oxygen atoms in total. The Labute approximate surface area is 153 Å². The highest BCUT2D eigenvalue weighted by Crippen LogP contribution is 2.32. The minimum absolute atomic E-state index is 0.415. The Morgan fingerprint density at radius 1 is 0.923 bits per heavy atom. The van der Waals surface area contributed by atoms with Crippen molar-refractivity contribution >= 4 is 45.8 Å². The number of benzene rings is 2. The molecule has 4 rings (SSSR count). The fraction of sp³-hybridized carbons (Fsp3) is 0.286. The molecule has 0 amide bonds. The molecule has 0 bridgehead atoms. The fourth-order valence-electron chi connectivity index (χ4n) is 3.05. The van der Waals surface area contributed by atoms with Gasteiger partial charge in [0.25, 0.3) is 0 Å². The number of fused-ring (bicyclic) bond motifs is 5. The minimum Gasteiger partial charge on any atom is -0.437 e. The first-order valence-corrected chi connectivity index (χ1v) is 8.82. The Morgan fingerprint density at radius 2 is 1.62 bits per heavy atom. The summed E-state index contributed by atoms with van der Waals surface area (Å²) in [6, 6.07) is 14.3. The van der Waals surface area contributed by atoms with E-state index in [-0.39, 0.29) is 0 Å². The van der Waals surface area contributed by atoms with E-state index in [1.807, 2.05) is 32.0 Å². The van der Waals surface area contributed by atoms with Gasteiger partial charge in [0.2, 0.25) is 5.71 Å². The minimum atomic E-state index is -0.935. The summed E-state index contributed by atoms with van der Waals surface area (Å²) in [6.07, 6.45) is 1.74. The average Bonchev–Trinajstić information content (AvgIpc) is 2.98. The van der Waals surface area contributed by atoms with Gasteiger partial charge in [0.15, 0.2) is 0 Å². The van der Waals surface area contributed by atoms with E-state index in [9.17, 15) is 5.11 Å². The van der Waals surface area contributed by atoms with Gasteiger partial charge in [-0.3, -0.25) is 0 Å². The maximum absolute atomic E-state index is 10.3. The lowest BCUT2D eigenvalue weighted by Crippen LogP contribution is -2.49. The van der Waals surface area contributed by atoms with Crippen LogP contribution in [-0.4, -0.2) is 28.8 Å². The van der Waals surface area contributed by atoms with Crippen LogP contribution in [0.5, 0.6) is 0 Å². The van der Waals surface area contributed by atoms with Crippen LogP contribution in [0.4, 0.5) is 0 Å². The largest absolute Gasteiger partial charge is 0.437 e. The summed E-state index contributed by atoms with van der Waals surface area (Å²) in [5.41, 5.74) is 0.965. The van der Waals surface area contributed by atoms with E-state index in [0.29, 0.717) is 13.2 Å². The predicted octanol–water partition coefficient (Wildman–Crippen LogP) is 3.68. The van der Waals surface area contributed by atoms with Crippen LogP contribution in [0, 0.1) is 0 Å². The number of nitrogens with zero attached hydrogens (tertiary/aromatic N) is 1. The van der Waals surface area contributed by atoms with Gasteiger partial charge in [0.05, 0.1) is 11.2 Å². The molecule has 2 aromatic carbocycles. The van der Waals surface area contributed by atoms with Gasteiger partial charge in [-0.05, 0) is 56.7 Å². The molecule has 0 radical (unpaired) electrons. The molecule has 0 fully saturated rings. The number of aromatic nitrogens is 1. The monoisotopic (exact) mass is 347 g/mol. The zero-order valence-electron chi connectivity index (χ0n) is 15.5. The lowest BCUT2D eigenvalue weighted by Gasteiger charge is -2.37. The molecule has 0 aliphatic rings. The molecule has 0 unspecified atom stereocenters. The molecular formula is C21H22BNO3. The van der Waals surface area contributed by atoms with Gasteiger partial charge < -0.3 is 14.2 Å². The van der Waals surface area contributed by atoms with E-state index in [4.69, 9.17) is 9.07 Å². The van der Waals surface area contributed by atoms with Gasteiger partial charge in [-0.1, -0.05) is 24.3 Å². The van der Waals surface area contributed by atoms with E-state index >= 15 is 0 Å². The fourth-order valence-corrected chi connectivity index (χ4v) is 3.05. The zero-order chi connectivity index (χ0) is 18.5. The molecule has 132 valence electrons. The van der Waals surface area contributed by atoms with Crippen LogP contribution in [0.1, 0.15) is 27.7 Å². The molecule has 1 N–H and O–H groups in total. The van der Waals surface area contributed by atoms with Crippen LogP contribution in [0.15, 0.2) is 53.1 Å². The first-order valence-electron chi connectivity index (χ1n) is 8.82. The van der Waals surface area contributed by atoms with Crippen molar-refractivity contribution in [3.05, 3.63) is 48.7 Å². The lowest BCUT2D eigenvalue weighted by molar-refractivity contribution is -0.0893. The van der Waals surface area contributed by atoms with Gasteiger partial charge in [0, 0.05) is 22.4 Å². The number of pyridine rings is 1. The van der Waals surface area contributed by atoms with E-state index in [1.165, 1.54) is 0 Å². The van der Waals surface area contributed by atoms with Gasteiger partial charge >= 0.3 is 7.48 Å². The predicted molar refractivity (Wildman–Crippen MR) is 107 cm³/mol. The third kappa shape index (κ3) is 2.68. The van der Waals surface area contributed by atoms with Gasteiger partial charge in [-0.2, -0.15) is 0 Å². The second kappa shape index (κ2) is 5.83. The van der Waals surface area contributed by atoms with E-state index in [2.05, 4.69) is 29.2 Å². The molecule has 2 aromatic heterocycles. The average molecular weight is 347 g/mol. The Kier molecular flexibility index (Phi) is 3.83. The van der Waals surface area contributed by atoms with Crippen LogP contribution < -0.4 is 5.46 Å². The highest BCUT2D eigenvalue weighted by Gasteiger charge is 2.35. The molecule has 0 saturated carbocycles. The van der Waals surface area contributed by atoms with Crippen molar-refractivity contribution in [3.63, 3.8) is 0 Å². The summed E-state index contributed by atoms with van der Waals surface area (Å²) in [6.45, 7) is 7.34. The summed E-state index contributed by atoms with van der Waals surface area (Å²) in [7, 11) is 0.415. The van der Waals surface area contributed by atoms with Gasteiger partial charge in [-0.25, -0.2) is 4.98 Å². The Balaban J connectivity index is 1.81. The Morgan fingerprint density at radius 3 is 2.38 bits per heavy atom. The van der Waals surface area contributed by atoms with Crippen LogP contribution >= 0.6 is 0 Å². The second-order valence-electron chi connectivity index (χ2n) is 7.77. The first-order chi connectivity index (χ1) is 12.3. The maximum atomic E-state index is 10.3. The molecule has 0 saturated heterocycles. The van der Waals surface area contributed by atoms with E-state index < -0.39 is 11.2 Å². The molecular weight excluding hydrogens is 325 g/mol. The van der Waals surface area contributed by atoms with Crippen LogP contribution in [0.2, 0.25) is 0 Å². The van der Waals surface area contributed by atoms with Crippen LogP contribution in [0.3, 0.4) is 0 Å². The molecule has 4 aromatic rings. The zero-order valence-corrected chi connectivity index (χ0v) is 15.5. The van der Waals surface area contributed by atoms with Crippen molar-refractivity contribution in [3.8, 4) is 0 Å². The molecule has 5 heteroatoms. The van der Waals surface area contributed by atoms with Crippen LogP contribution in [0.25, 0.3) is 32.8 Å². The standard InChI is InChI=1S/C21H22BNO3/c1-20(2,24)21(3,4)26-22-17-9-5-7-14-13(17)10-11-15-16-8-6-12-23-19(16)25-18(14)15/h5-12,22,24H,1-4H3. The smallest absolute Gasteiger partial charge is 0.310 e. The summed E-state index contributed by atoms with van der Waals surface area (Å²) in [5, 5.41) is 14.5. The van der Waals surface area contributed by atoms with E-state index in [0.717, 1.165) is 32.6 Å². The Bertz CT molecular complexity index is 1110.